The quantitative estimate of drug-likeness (QED) is 0.797. The minimum absolute atomic E-state index is 0.00787. The third-order valence-electron chi connectivity index (χ3n) is 3.82. The molecule has 2 aromatic rings. The van der Waals surface area contributed by atoms with Crippen molar-refractivity contribution in [3.05, 3.63) is 40.5 Å². The predicted octanol–water partition coefficient (Wildman–Crippen LogP) is 2.67. The summed E-state index contributed by atoms with van der Waals surface area (Å²) in [5.41, 5.74) is 2.51. The van der Waals surface area contributed by atoms with Crippen LogP contribution in [-0.2, 0) is 16.5 Å². The van der Waals surface area contributed by atoms with E-state index in [1.54, 1.807) is 12.1 Å². The van der Waals surface area contributed by atoms with Gasteiger partial charge in [0.05, 0.1) is 22.2 Å². The molecule has 1 aliphatic heterocycles. The molecule has 0 bridgehead atoms. The number of hydrogen-bond acceptors (Lipinski definition) is 4. The van der Waals surface area contributed by atoms with Gasteiger partial charge in [-0.05, 0) is 31.4 Å². The molecule has 4 rings (SSSR count). The second kappa shape index (κ2) is 4.48. The van der Waals surface area contributed by atoms with Gasteiger partial charge in [-0.15, -0.1) is 0 Å². The van der Waals surface area contributed by atoms with E-state index in [0.29, 0.717) is 28.9 Å². The van der Waals surface area contributed by atoms with Crippen LogP contribution in [0, 0.1) is 0 Å². The van der Waals surface area contributed by atoms with Crippen LogP contribution >= 0.6 is 11.6 Å². The zero-order chi connectivity index (χ0) is 14.6. The maximum Gasteiger partial charge on any atom is 0.311 e. The van der Waals surface area contributed by atoms with Gasteiger partial charge >= 0.3 is 10.1 Å². The molecule has 0 radical (unpaired) electrons. The fourth-order valence-corrected chi connectivity index (χ4v) is 3.80. The molecule has 1 fully saturated rings. The van der Waals surface area contributed by atoms with E-state index in [9.17, 15) is 8.42 Å². The Morgan fingerprint density at radius 1 is 1.29 bits per heavy atom. The minimum Gasteiger partial charge on any atom is -0.361 e. The molecular weight excluding hydrogens is 312 g/mol. The van der Waals surface area contributed by atoms with E-state index in [4.69, 9.17) is 15.8 Å². The average Bonchev–Trinajstić information content (AvgIpc) is 3.21. The predicted molar refractivity (Wildman–Crippen MR) is 78.7 cm³/mol. The Bertz CT molecular complexity index is 825. The molecule has 0 N–H and O–H groups in total. The zero-order valence-corrected chi connectivity index (χ0v) is 12.7. The van der Waals surface area contributed by atoms with E-state index in [1.165, 1.54) is 4.68 Å². The topological polar surface area (TPSA) is 61.2 Å². The highest BCUT2D eigenvalue weighted by Crippen LogP contribution is 2.45. The van der Waals surface area contributed by atoms with Gasteiger partial charge in [-0.2, -0.15) is 18.2 Å². The monoisotopic (exact) mass is 324 g/mol. The fourth-order valence-electron chi connectivity index (χ4n) is 2.63. The van der Waals surface area contributed by atoms with Crippen LogP contribution in [0.15, 0.2) is 24.3 Å². The average molecular weight is 325 g/mol. The lowest BCUT2D eigenvalue weighted by Gasteiger charge is -2.16. The molecule has 1 aromatic carbocycles. The van der Waals surface area contributed by atoms with Crippen LogP contribution < -0.4 is 4.18 Å². The Balaban J connectivity index is 1.93. The van der Waals surface area contributed by atoms with E-state index in [1.807, 2.05) is 12.1 Å². The lowest BCUT2D eigenvalue weighted by molar-refractivity contribution is 0.452. The van der Waals surface area contributed by atoms with Crippen LogP contribution in [0.3, 0.4) is 0 Å². The summed E-state index contributed by atoms with van der Waals surface area (Å²) >= 11 is 6.21. The first-order valence-electron chi connectivity index (χ1n) is 6.84. The highest BCUT2D eigenvalue weighted by Gasteiger charge is 2.37. The molecule has 1 aliphatic carbocycles. The molecule has 1 saturated carbocycles. The molecule has 0 amide bonds. The highest BCUT2D eigenvalue weighted by molar-refractivity contribution is 7.87. The number of hydrogen-bond donors (Lipinski definition) is 0. The lowest BCUT2D eigenvalue weighted by Crippen LogP contribution is -2.22. The first-order valence-corrected chi connectivity index (χ1v) is 8.79. The van der Waals surface area contributed by atoms with Gasteiger partial charge in [0.15, 0.2) is 0 Å². The van der Waals surface area contributed by atoms with Gasteiger partial charge in [-0.3, -0.25) is 0 Å². The van der Waals surface area contributed by atoms with Crippen molar-refractivity contribution in [3.8, 4) is 11.6 Å². The Hall–Kier alpha value is -1.53. The molecule has 1 aromatic heterocycles. The lowest BCUT2D eigenvalue weighted by atomic mass is 10.1. The van der Waals surface area contributed by atoms with Crippen molar-refractivity contribution in [1.82, 2.24) is 9.78 Å². The number of aromatic nitrogens is 2. The first kappa shape index (κ1) is 13.2. The maximum absolute atomic E-state index is 11.8. The van der Waals surface area contributed by atoms with E-state index >= 15 is 0 Å². The molecular formula is C14H13ClN2O3S. The zero-order valence-electron chi connectivity index (χ0n) is 11.1. The number of benzene rings is 1. The van der Waals surface area contributed by atoms with E-state index in [-0.39, 0.29) is 5.75 Å². The van der Waals surface area contributed by atoms with Gasteiger partial charge in [-0.1, -0.05) is 23.7 Å². The van der Waals surface area contributed by atoms with Crippen LogP contribution in [0.5, 0.6) is 5.88 Å². The van der Waals surface area contributed by atoms with Crippen molar-refractivity contribution >= 4 is 21.7 Å². The van der Waals surface area contributed by atoms with Crippen LogP contribution in [0.25, 0.3) is 5.69 Å². The van der Waals surface area contributed by atoms with Crippen molar-refractivity contribution in [2.75, 3.05) is 5.75 Å². The molecule has 0 spiro atoms. The molecule has 21 heavy (non-hydrogen) atoms. The number of fused-ring (bicyclic) bond motifs is 1. The largest absolute Gasteiger partial charge is 0.361 e. The molecule has 0 atom stereocenters. The Labute approximate surface area is 127 Å². The van der Waals surface area contributed by atoms with Gasteiger partial charge < -0.3 is 4.18 Å². The molecule has 110 valence electrons. The van der Waals surface area contributed by atoms with Crippen LogP contribution in [0.4, 0.5) is 0 Å². The highest BCUT2D eigenvalue weighted by atomic mass is 35.5. The van der Waals surface area contributed by atoms with E-state index in [2.05, 4.69) is 5.10 Å². The normalized spacial score (nSPS) is 19.9. The molecule has 0 saturated heterocycles. The minimum atomic E-state index is -3.54. The second-order valence-corrected chi connectivity index (χ2v) is 7.50. The number of nitrogens with zero attached hydrogens (tertiary/aromatic N) is 2. The van der Waals surface area contributed by atoms with Crippen molar-refractivity contribution in [2.45, 2.75) is 25.2 Å². The molecule has 2 aliphatic rings. The Kier molecular flexibility index (Phi) is 2.81. The van der Waals surface area contributed by atoms with Crippen LogP contribution in [0.1, 0.15) is 30.0 Å². The molecule has 7 heteroatoms. The van der Waals surface area contributed by atoms with Crippen molar-refractivity contribution in [3.63, 3.8) is 0 Å². The van der Waals surface area contributed by atoms with Gasteiger partial charge in [0.25, 0.3) is 0 Å². The summed E-state index contributed by atoms with van der Waals surface area (Å²) in [6, 6.07) is 7.21. The number of para-hydroxylation sites is 1. The second-order valence-electron chi connectivity index (χ2n) is 5.40. The number of rotatable bonds is 2. The summed E-state index contributed by atoms with van der Waals surface area (Å²) in [5, 5.41) is 5.10. The summed E-state index contributed by atoms with van der Waals surface area (Å²) in [4.78, 5) is 0. The fraction of sp³-hybridized carbons (Fsp3) is 0.357. The van der Waals surface area contributed by atoms with Gasteiger partial charge in [0.2, 0.25) is 5.88 Å². The molecule has 5 nitrogen and oxygen atoms in total. The third-order valence-corrected chi connectivity index (χ3v) is 5.26. The smallest absolute Gasteiger partial charge is 0.311 e. The summed E-state index contributed by atoms with van der Waals surface area (Å²) < 4.78 is 30.3. The standard InChI is InChI=1S/C14H13ClN2O3S/c15-11-3-1-2-4-12(11)17-14-10(7-8-21(18,19)20-14)13(16-17)9-5-6-9/h1-4,9H,5-8H2. The van der Waals surface area contributed by atoms with Crippen LogP contribution in [-0.4, -0.2) is 24.0 Å². The third kappa shape index (κ3) is 2.22. The maximum atomic E-state index is 11.8. The summed E-state index contributed by atoms with van der Waals surface area (Å²) in [6.07, 6.45) is 2.64. The van der Waals surface area contributed by atoms with Crippen molar-refractivity contribution in [2.24, 2.45) is 0 Å². The van der Waals surface area contributed by atoms with E-state index < -0.39 is 10.1 Å². The van der Waals surface area contributed by atoms with Gasteiger partial charge in [-0.25, -0.2) is 0 Å². The number of halogens is 1. The molecule has 0 unspecified atom stereocenters. The summed E-state index contributed by atoms with van der Waals surface area (Å²) in [6.45, 7) is 0. The Morgan fingerprint density at radius 2 is 2.05 bits per heavy atom. The van der Waals surface area contributed by atoms with Crippen molar-refractivity contribution < 1.29 is 12.6 Å². The molecule has 2 heterocycles. The summed E-state index contributed by atoms with van der Waals surface area (Å²) in [7, 11) is -3.54. The van der Waals surface area contributed by atoms with Crippen molar-refractivity contribution in [1.29, 1.82) is 0 Å². The van der Waals surface area contributed by atoms with Gasteiger partial charge in [0.1, 0.15) is 0 Å². The van der Waals surface area contributed by atoms with Crippen LogP contribution in [0.2, 0.25) is 5.02 Å². The van der Waals surface area contributed by atoms with Gasteiger partial charge in [0, 0.05) is 11.5 Å². The van der Waals surface area contributed by atoms with E-state index in [0.717, 1.165) is 24.1 Å². The SMILES string of the molecule is O=S1(=O)CCc2c(C3CC3)nn(-c3ccccc3Cl)c2O1. The summed E-state index contributed by atoms with van der Waals surface area (Å²) in [5.74, 6) is 0.733. The Morgan fingerprint density at radius 3 is 2.76 bits per heavy atom. The first-order chi connectivity index (χ1) is 10.1.